The average molecular weight is 348 g/mol. The zero-order valence-corrected chi connectivity index (χ0v) is 14.6. The van der Waals surface area contributed by atoms with E-state index in [1.807, 2.05) is 46.8 Å². The van der Waals surface area contributed by atoms with Gasteiger partial charge in [0, 0.05) is 56.6 Å². The molecule has 2 aliphatic rings. The van der Waals surface area contributed by atoms with Gasteiger partial charge in [-0.25, -0.2) is 9.97 Å². The van der Waals surface area contributed by atoms with Crippen molar-refractivity contribution in [2.75, 3.05) is 31.1 Å². The first-order chi connectivity index (χ1) is 12.7. The number of aryl methyl sites for hydroxylation is 1. The van der Waals surface area contributed by atoms with Gasteiger partial charge in [0.05, 0.1) is 11.9 Å². The monoisotopic (exact) mass is 348 g/mol. The number of aromatic nitrogens is 4. The lowest BCUT2D eigenvalue weighted by atomic mass is 10.0. The molecule has 0 saturated carbocycles. The second-order valence-electron chi connectivity index (χ2n) is 7.17. The number of imidazole rings is 1. The minimum atomic E-state index is 0.0849. The molecule has 2 fully saturated rings. The molecule has 3 aromatic heterocycles. The molecule has 132 valence electrons. The second kappa shape index (κ2) is 5.79. The summed E-state index contributed by atoms with van der Waals surface area (Å²) < 4.78 is 1.90. The highest BCUT2D eigenvalue weighted by molar-refractivity contribution is 5.95. The van der Waals surface area contributed by atoms with Crippen LogP contribution in [0.3, 0.4) is 0 Å². The van der Waals surface area contributed by atoms with Crippen LogP contribution in [0.25, 0.3) is 5.65 Å². The number of pyridine rings is 1. The molecule has 7 nitrogen and oxygen atoms in total. The highest BCUT2D eigenvalue weighted by Gasteiger charge is 2.42. The maximum atomic E-state index is 13.2. The van der Waals surface area contributed by atoms with Crippen LogP contribution in [0.5, 0.6) is 0 Å². The first-order valence-electron chi connectivity index (χ1n) is 8.94. The van der Waals surface area contributed by atoms with Gasteiger partial charge in [0.1, 0.15) is 17.2 Å². The van der Waals surface area contributed by atoms with Crippen LogP contribution < -0.4 is 4.90 Å². The van der Waals surface area contributed by atoms with Crippen LogP contribution in [0.4, 0.5) is 5.82 Å². The van der Waals surface area contributed by atoms with Crippen molar-refractivity contribution in [3.63, 3.8) is 0 Å². The number of likely N-dealkylation sites (tertiary alicyclic amines) is 1. The highest BCUT2D eigenvalue weighted by Crippen LogP contribution is 2.34. The number of hydrogen-bond donors (Lipinski definition) is 0. The normalized spacial score (nSPS) is 22.2. The number of fused-ring (bicyclic) bond motifs is 2. The molecule has 1 amide bonds. The van der Waals surface area contributed by atoms with E-state index in [9.17, 15) is 4.79 Å². The number of amides is 1. The van der Waals surface area contributed by atoms with E-state index >= 15 is 0 Å². The summed E-state index contributed by atoms with van der Waals surface area (Å²) in [6, 6.07) is 5.81. The highest BCUT2D eigenvalue weighted by atomic mass is 16.2. The Balaban J connectivity index is 1.35. The Morgan fingerprint density at radius 2 is 1.92 bits per heavy atom. The van der Waals surface area contributed by atoms with Crippen molar-refractivity contribution in [3.8, 4) is 0 Å². The zero-order chi connectivity index (χ0) is 17.7. The molecule has 5 heterocycles. The van der Waals surface area contributed by atoms with Gasteiger partial charge in [0.15, 0.2) is 0 Å². The molecule has 2 aliphatic heterocycles. The molecule has 0 spiro atoms. The smallest absolute Gasteiger partial charge is 0.272 e. The van der Waals surface area contributed by atoms with E-state index in [0.717, 1.165) is 43.3 Å². The third kappa shape index (κ3) is 2.34. The first kappa shape index (κ1) is 15.3. The number of carbonyl (C=O) groups excluding carboxylic acids is 1. The predicted octanol–water partition coefficient (Wildman–Crippen LogP) is 1.64. The van der Waals surface area contributed by atoms with Gasteiger partial charge in [-0.2, -0.15) is 0 Å². The van der Waals surface area contributed by atoms with Crippen molar-refractivity contribution in [1.29, 1.82) is 0 Å². The van der Waals surface area contributed by atoms with Crippen molar-refractivity contribution in [2.45, 2.75) is 6.92 Å². The SMILES string of the molecule is Cc1nc2ccccn2c1C(=O)N1CC2CN(c3cnccn3)CC2C1. The molecule has 0 radical (unpaired) electrons. The topological polar surface area (TPSA) is 66.6 Å². The van der Waals surface area contributed by atoms with Gasteiger partial charge in [0.25, 0.3) is 5.91 Å². The van der Waals surface area contributed by atoms with Crippen molar-refractivity contribution < 1.29 is 4.79 Å². The van der Waals surface area contributed by atoms with Crippen LogP contribution in [0.1, 0.15) is 16.2 Å². The molecule has 5 rings (SSSR count). The van der Waals surface area contributed by atoms with Crippen LogP contribution in [0.15, 0.2) is 43.0 Å². The molecule has 2 saturated heterocycles. The standard InChI is InChI=1S/C19H20N6O/c1-13-18(25-7-3-2-4-16(25)22-13)19(26)24-11-14-9-23(10-15(14)12-24)17-8-20-5-6-21-17/h2-8,14-15H,9-12H2,1H3. The van der Waals surface area contributed by atoms with Gasteiger partial charge >= 0.3 is 0 Å². The third-order valence-corrected chi connectivity index (χ3v) is 5.55. The Labute approximate surface area is 151 Å². The van der Waals surface area contributed by atoms with Gasteiger partial charge in [-0.1, -0.05) is 6.07 Å². The molecule has 2 atom stereocenters. The van der Waals surface area contributed by atoms with E-state index in [-0.39, 0.29) is 5.91 Å². The van der Waals surface area contributed by atoms with Gasteiger partial charge in [0.2, 0.25) is 0 Å². The van der Waals surface area contributed by atoms with Crippen molar-refractivity contribution in [1.82, 2.24) is 24.3 Å². The quantitative estimate of drug-likeness (QED) is 0.704. The summed E-state index contributed by atoms with van der Waals surface area (Å²) in [5, 5.41) is 0. The van der Waals surface area contributed by atoms with E-state index in [4.69, 9.17) is 0 Å². The van der Waals surface area contributed by atoms with Gasteiger partial charge in [-0.05, 0) is 19.1 Å². The Morgan fingerprint density at radius 3 is 2.65 bits per heavy atom. The van der Waals surface area contributed by atoms with E-state index in [0.29, 0.717) is 17.5 Å². The predicted molar refractivity (Wildman–Crippen MR) is 97.1 cm³/mol. The fourth-order valence-corrected chi connectivity index (χ4v) is 4.32. The molecule has 7 heteroatoms. The van der Waals surface area contributed by atoms with Crippen LogP contribution >= 0.6 is 0 Å². The molecular weight excluding hydrogens is 328 g/mol. The fourth-order valence-electron chi connectivity index (χ4n) is 4.32. The lowest BCUT2D eigenvalue weighted by molar-refractivity contribution is 0.0775. The maximum absolute atomic E-state index is 13.2. The van der Waals surface area contributed by atoms with Crippen molar-refractivity contribution in [3.05, 3.63) is 54.4 Å². The Bertz CT molecular complexity index is 955. The number of nitrogens with zero attached hydrogens (tertiary/aromatic N) is 6. The molecule has 26 heavy (non-hydrogen) atoms. The van der Waals surface area contributed by atoms with E-state index in [1.54, 1.807) is 12.4 Å². The Hall–Kier alpha value is -2.96. The van der Waals surface area contributed by atoms with Crippen LogP contribution in [0, 0.1) is 18.8 Å². The molecule has 3 aromatic rings. The van der Waals surface area contributed by atoms with Gasteiger partial charge in [-0.3, -0.25) is 14.2 Å². The van der Waals surface area contributed by atoms with Crippen molar-refractivity contribution in [2.24, 2.45) is 11.8 Å². The Kier molecular flexibility index (Phi) is 3.41. The van der Waals surface area contributed by atoms with Crippen LogP contribution in [-0.2, 0) is 0 Å². The number of rotatable bonds is 2. The maximum Gasteiger partial charge on any atom is 0.272 e. The van der Waals surface area contributed by atoms with E-state index in [1.165, 1.54) is 0 Å². The average Bonchev–Trinajstić information content (AvgIpc) is 3.32. The molecule has 2 unspecified atom stereocenters. The lowest BCUT2D eigenvalue weighted by Crippen LogP contribution is -2.34. The van der Waals surface area contributed by atoms with Gasteiger partial charge < -0.3 is 9.80 Å². The number of carbonyl (C=O) groups is 1. The van der Waals surface area contributed by atoms with Crippen LogP contribution in [-0.4, -0.2) is 56.3 Å². The molecule has 0 aromatic carbocycles. The lowest BCUT2D eigenvalue weighted by Gasteiger charge is -2.22. The molecule has 0 aliphatic carbocycles. The third-order valence-electron chi connectivity index (χ3n) is 5.55. The molecule has 0 N–H and O–H groups in total. The number of hydrogen-bond acceptors (Lipinski definition) is 5. The van der Waals surface area contributed by atoms with E-state index in [2.05, 4.69) is 19.9 Å². The van der Waals surface area contributed by atoms with Crippen LogP contribution in [0.2, 0.25) is 0 Å². The summed E-state index contributed by atoms with van der Waals surface area (Å²) in [6.07, 6.45) is 7.15. The van der Waals surface area contributed by atoms with Gasteiger partial charge in [-0.15, -0.1) is 0 Å². The minimum Gasteiger partial charge on any atom is -0.355 e. The summed E-state index contributed by atoms with van der Waals surface area (Å²) >= 11 is 0. The summed E-state index contributed by atoms with van der Waals surface area (Å²) in [5.41, 5.74) is 2.30. The zero-order valence-electron chi connectivity index (χ0n) is 14.6. The summed E-state index contributed by atoms with van der Waals surface area (Å²) in [6.45, 7) is 5.35. The summed E-state index contributed by atoms with van der Waals surface area (Å²) in [4.78, 5) is 30.5. The number of anilines is 1. The van der Waals surface area contributed by atoms with Crippen molar-refractivity contribution >= 4 is 17.4 Å². The second-order valence-corrected chi connectivity index (χ2v) is 7.17. The molecule has 0 bridgehead atoms. The summed E-state index contributed by atoms with van der Waals surface area (Å²) in [5.74, 6) is 1.99. The summed E-state index contributed by atoms with van der Waals surface area (Å²) in [7, 11) is 0. The fraction of sp³-hybridized carbons (Fsp3) is 0.368. The Morgan fingerprint density at radius 1 is 1.12 bits per heavy atom. The minimum absolute atomic E-state index is 0.0849. The van der Waals surface area contributed by atoms with E-state index < -0.39 is 0 Å². The largest absolute Gasteiger partial charge is 0.355 e. The first-order valence-corrected chi connectivity index (χ1v) is 8.94. The molecular formula is C19H20N6O.